The summed E-state index contributed by atoms with van der Waals surface area (Å²) in [6.45, 7) is 1.20. The summed E-state index contributed by atoms with van der Waals surface area (Å²) in [5.41, 5.74) is 1.32. The van der Waals surface area contributed by atoms with E-state index in [4.69, 9.17) is 25.8 Å². The SMILES string of the molecule is O=C(OCc1ccc(Cl)cc1)c1ccc2c(c1)OCCO2. The Labute approximate surface area is 127 Å². The lowest BCUT2D eigenvalue weighted by Gasteiger charge is -2.18. The molecule has 2 aromatic rings. The Bertz CT molecular complexity index is 652. The minimum absolute atomic E-state index is 0.199. The predicted octanol–water partition coefficient (Wildman–Crippen LogP) is 3.47. The van der Waals surface area contributed by atoms with E-state index in [1.54, 1.807) is 30.3 Å². The van der Waals surface area contributed by atoms with Crippen LogP contribution in [0, 0.1) is 0 Å². The zero-order chi connectivity index (χ0) is 14.7. The van der Waals surface area contributed by atoms with Gasteiger partial charge in [0.2, 0.25) is 0 Å². The van der Waals surface area contributed by atoms with Crippen molar-refractivity contribution in [2.45, 2.75) is 6.61 Å². The molecule has 0 saturated carbocycles. The molecule has 0 bridgehead atoms. The first-order chi connectivity index (χ1) is 10.2. The smallest absolute Gasteiger partial charge is 0.338 e. The topological polar surface area (TPSA) is 44.8 Å². The van der Waals surface area contributed by atoms with Gasteiger partial charge in [-0.05, 0) is 35.9 Å². The minimum atomic E-state index is -0.401. The molecule has 0 N–H and O–H groups in total. The number of carbonyl (C=O) groups is 1. The van der Waals surface area contributed by atoms with Crippen LogP contribution in [0.2, 0.25) is 5.02 Å². The van der Waals surface area contributed by atoms with Gasteiger partial charge < -0.3 is 14.2 Å². The van der Waals surface area contributed by atoms with Gasteiger partial charge in [-0.3, -0.25) is 0 Å². The van der Waals surface area contributed by atoms with Crippen LogP contribution < -0.4 is 9.47 Å². The van der Waals surface area contributed by atoms with Gasteiger partial charge in [-0.2, -0.15) is 0 Å². The molecule has 1 aliphatic heterocycles. The van der Waals surface area contributed by atoms with Gasteiger partial charge in [0.15, 0.2) is 11.5 Å². The average molecular weight is 305 g/mol. The molecule has 0 spiro atoms. The van der Waals surface area contributed by atoms with Crippen molar-refractivity contribution in [3.63, 3.8) is 0 Å². The Balaban J connectivity index is 1.66. The van der Waals surface area contributed by atoms with Gasteiger partial charge in [0.05, 0.1) is 5.56 Å². The summed E-state index contributed by atoms with van der Waals surface area (Å²) >= 11 is 5.80. The molecule has 4 nitrogen and oxygen atoms in total. The summed E-state index contributed by atoms with van der Waals surface area (Å²) < 4.78 is 16.1. The van der Waals surface area contributed by atoms with Crippen LogP contribution in [-0.2, 0) is 11.3 Å². The highest BCUT2D eigenvalue weighted by Crippen LogP contribution is 2.31. The maximum atomic E-state index is 12.0. The molecule has 108 valence electrons. The fraction of sp³-hybridized carbons (Fsp3) is 0.188. The van der Waals surface area contributed by atoms with E-state index in [2.05, 4.69) is 0 Å². The molecule has 0 aliphatic carbocycles. The van der Waals surface area contributed by atoms with Crippen molar-refractivity contribution in [1.29, 1.82) is 0 Å². The monoisotopic (exact) mass is 304 g/mol. The molecule has 3 rings (SSSR count). The van der Waals surface area contributed by atoms with Crippen LogP contribution >= 0.6 is 11.6 Å². The number of hydrogen-bond donors (Lipinski definition) is 0. The third kappa shape index (κ3) is 3.28. The zero-order valence-corrected chi connectivity index (χ0v) is 11.9. The quantitative estimate of drug-likeness (QED) is 0.815. The first kappa shape index (κ1) is 13.8. The Morgan fingerprint density at radius 1 is 1.05 bits per heavy atom. The minimum Gasteiger partial charge on any atom is -0.486 e. The van der Waals surface area contributed by atoms with Gasteiger partial charge in [0, 0.05) is 5.02 Å². The van der Waals surface area contributed by atoms with E-state index < -0.39 is 5.97 Å². The van der Waals surface area contributed by atoms with Crippen molar-refractivity contribution in [1.82, 2.24) is 0 Å². The lowest BCUT2D eigenvalue weighted by atomic mass is 10.2. The van der Waals surface area contributed by atoms with Crippen LogP contribution in [0.4, 0.5) is 0 Å². The lowest BCUT2D eigenvalue weighted by Crippen LogP contribution is -2.16. The second-order valence-electron chi connectivity index (χ2n) is 4.56. The Morgan fingerprint density at radius 2 is 1.76 bits per heavy atom. The van der Waals surface area contributed by atoms with Gasteiger partial charge in [-0.1, -0.05) is 23.7 Å². The number of carbonyl (C=O) groups excluding carboxylic acids is 1. The standard InChI is InChI=1S/C16H13ClO4/c17-13-4-1-11(2-5-13)10-21-16(18)12-3-6-14-15(9-12)20-8-7-19-14/h1-6,9H,7-8,10H2. The number of esters is 1. The third-order valence-electron chi connectivity index (χ3n) is 3.06. The molecular weight excluding hydrogens is 292 g/mol. The molecular formula is C16H13ClO4. The Kier molecular flexibility index (Phi) is 3.97. The van der Waals surface area contributed by atoms with Crippen molar-refractivity contribution < 1.29 is 19.0 Å². The molecule has 0 saturated heterocycles. The van der Waals surface area contributed by atoms with Crippen molar-refractivity contribution in [2.75, 3.05) is 13.2 Å². The predicted molar refractivity (Wildman–Crippen MR) is 78.0 cm³/mol. The zero-order valence-electron chi connectivity index (χ0n) is 11.2. The molecule has 0 aromatic heterocycles. The number of rotatable bonds is 3. The second kappa shape index (κ2) is 6.06. The molecule has 21 heavy (non-hydrogen) atoms. The number of fused-ring (bicyclic) bond motifs is 1. The van der Waals surface area contributed by atoms with Gasteiger partial charge >= 0.3 is 5.97 Å². The molecule has 0 atom stereocenters. The number of hydrogen-bond acceptors (Lipinski definition) is 4. The van der Waals surface area contributed by atoms with E-state index >= 15 is 0 Å². The van der Waals surface area contributed by atoms with Crippen LogP contribution in [0.1, 0.15) is 15.9 Å². The molecule has 1 heterocycles. The summed E-state index contributed by atoms with van der Waals surface area (Å²) in [5, 5.41) is 0.650. The van der Waals surface area contributed by atoms with Crippen molar-refractivity contribution >= 4 is 17.6 Å². The van der Waals surface area contributed by atoms with Crippen LogP contribution in [-0.4, -0.2) is 19.2 Å². The van der Waals surface area contributed by atoms with Gasteiger partial charge in [0.1, 0.15) is 19.8 Å². The fourth-order valence-corrected chi connectivity index (χ4v) is 2.11. The largest absolute Gasteiger partial charge is 0.486 e. The van der Waals surface area contributed by atoms with E-state index in [0.29, 0.717) is 35.3 Å². The maximum absolute atomic E-state index is 12.0. The number of ether oxygens (including phenoxy) is 3. The van der Waals surface area contributed by atoms with Crippen LogP contribution in [0.5, 0.6) is 11.5 Å². The first-order valence-corrected chi connectivity index (χ1v) is 6.91. The van der Waals surface area contributed by atoms with Crippen LogP contribution in [0.25, 0.3) is 0 Å². The fourth-order valence-electron chi connectivity index (χ4n) is 1.98. The summed E-state index contributed by atoms with van der Waals surface area (Å²) in [7, 11) is 0. The second-order valence-corrected chi connectivity index (χ2v) is 5.00. The Morgan fingerprint density at radius 3 is 2.52 bits per heavy atom. The normalized spacial score (nSPS) is 12.8. The molecule has 0 unspecified atom stereocenters. The Hall–Kier alpha value is -2.20. The van der Waals surface area contributed by atoms with Crippen molar-refractivity contribution in [2.24, 2.45) is 0 Å². The van der Waals surface area contributed by atoms with E-state index in [1.807, 2.05) is 12.1 Å². The first-order valence-electron chi connectivity index (χ1n) is 6.53. The summed E-state index contributed by atoms with van der Waals surface area (Å²) in [6.07, 6.45) is 0. The van der Waals surface area contributed by atoms with E-state index in [0.717, 1.165) is 5.56 Å². The molecule has 5 heteroatoms. The summed E-state index contributed by atoms with van der Waals surface area (Å²) in [5.74, 6) is 0.819. The molecule has 0 amide bonds. The van der Waals surface area contributed by atoms with Gasteiger partial charge in [0.25, 0.3) is 0 Å². The molecule has 2 aromatic carbocycles. The molecule has 0 radical (unpaired) electrons. The van der Waals surface area contributed by atoms with Crippen molar-refractivity contribution in [3.8, 4) is 11.5 Å². The summed E-state index contributed by atoms with van der Waals surface area (Å²) in [4.78, 5) is 12.0. The van der Waals surface area contributed by atoms with Crippen LogP contribution in [0.3, 0.4) is 0 Å². The highest BCUT2D eigenvalue weighted by atomic mass is 35.5. The van der Waals surface area contributed by atoms with E-state index in [1.165, 1.54) is 0 Å². The summed E-state index contributed by atoms with van der Waals surface area (Å²) in [6, 6.07) is 12.2. The highest BCUT2D eigenvalue weighted by Gasteiger charge is 2.15. The van der Waals surface area contributed by atoms with Gasteiger partial charge in [-0.25, -0.2) is 4.79 Å². The highest BCUT2D eigenvalue weighted by molar-refractivity contribution is 6.30. The van der Waals surface area contributed by atoms with Crippen molar-refractivity contribution in [3.05, 3.63) is 58.6 Å². The number of benzene rings is 2. The average Bonchev–Trinajstić information content (AvgIpc) is 2.53. The molecule has 1 aliphatic rings. The number of halogens is 1. The maximum Gasteiger partial charge on any atom is 0.338 e. The van der Waals surface area contributed by atoms with E-state index in [-0.39, 0.29) is 6.61 Å². The lowest BCUT2D eigenvalue weighted by molar-refractivity contribution is 0.0471. The van der Waals surface area contributed by atoms with Crippen LogP contribution in [0.15, 0.2) is 42.5 Å². The molecule has 0 fully saturated rings. The third-order valence-corrected chi connectivity index (χ3v) is 3.31. The van der Waals surface area contributed by atoms with E-state index in [9.17, 15) is 4.79 Å². The van der Waals surface area contributed by atoms with Gasteiger partial charge in [-0.15, -0.1) is 0 Å².